The van der Waals surface area contributed by atoms with Crippen molar-refractivity contribution in [3.8, 4) is 11.4 Å². The van der Waals surface area contributed by atoms with Crippen LogP contribution in [0.4, 0.5) is 0 Å². The van der Waals surface area contributed by atoms with Gasteiger partial charge < -0.3 is 15.4 Å². The third kappa shape index (κ3) is 3.25. The summed E-state index contributed by atoms with van der Waals surface area (Å²) < 4.78 is 6.85. The molecule has 0 radical (unpaired) electrons. The second-order valence-corrected chi connectivity index (χ2v) is 7.02. The molecule has 7 heteroatoms. The first kappa shape index (κ1) is 18.2. The number of benzene rings is 2. The number of carbonyl (C=O) groups is 1. The van der Waals surface area contributed by atoms with Crippen LogP contribution in [0.15, 0.2) is 54.6 Å². The molecule has 2 N–H and O–H groups in total. The van der Waals surface area contributed by atoms with Gasteiger partial charge in [-0.05, 0) is 36.8 Å². The smallest absolute Gasteiger partial charge is 0.276 e. The van der Waals surface area contributed by atoms with Gasteiger partial charge in [-0.25, -0.2) is 4.68 Å². The molecule has 1 saturated heterocycles. The third-order valence-corrected chi connectivity index (χ3v) is 5.29. The molecule has 2 heterocycles. The number of aromatic nitrogens is 3. The minimum atomic E-state index is -0.133. The molecule has 0 saturated carbocycles. The summed E-state index contributed by atoms with van der Waals surface area (Å²) in [6, 6.07) is 17.5. The van der Waals surface area contributed by atoms with E-state index in [4.69, 9.17) is 10.5 Å². The molecular formula is C21H23N5O2. The molecule has 7 nitrogen and oxygen atoms in total. The molecule has 2 atom stereocenters. The van der Waals surface area contributed by atoms with Crippen molar-refractivity contribution in [3.05, 3.63) is 71.5 Å². The Kier molecular flexibility index (Phi) is 4.83. The zero-order chi connectivity index (χ0) is 19.7. The van der Waals surface area contributed by atoms with E-state index in [0.717, 1.165) is 17.0 Å². The maximum absolute atomic E-state index is 13.1. The summed E-state index contributed by atoms with van der Waals surface area (Å²) in [7, 11) is 1.62. The second kappa shape index (κ2) is 7.44. The summed E-state index contributed by atoms with van der Waals surface area (Å²) in [5.74, 6) is 0.754. The Labute approximate surface area is 163 Å². The van der Waals surface area contributed by atoms with Gasteiger partial charge in [0.1, 0.15) is 5.75 Å². The summed E-state index contributed by atoms with van der Waals surface area (Å²) in [5, 5.41) is 8.33. The number of nitrogens with two attached hydrogens (primary N) is 1. The molecule has 3 aromatic rings. The number of hydrogen-bond acceptors (Lipinski definition) is 5. The molecular weight excluding hydrogens is 354 g/mol. The Morgan fingerprint density at radius 3 is 2.50 bits per heavy atom. The normalized spacial score (nSPS) is 19.0. The van der Waals surface area contributed by atoms with Crippen LogP contribution in [-0.2, 0) is 0 Å². The third-order valence-electron chi connectivity index (χ3n) is 5.29. The first-order valence-corrected chi connectivity index (χ1v) is 9.25. The van der Waals surface area contributed by atoms with Crippen LogP contribution in [0.25, 0.3) is 5.69 Å². The fourth-order valence-electron chi connectivity index (χ4n) is 3.69. The van der Waals surface area contributed by atoms with Crippen molar-refractivity contribution in [3.63, 3.8) is 0 Å². The van der Waals surface area contributed by atoms with Gasteiger partial charge in [-0.15, -0.1) is 5.10 Å². The van der Waals surface area contributed by atoms with Crippen LogP contribution in [-0.4, -0.2) is 52.0 Å². The van der Waals surface area contributed by atoms with E-state index in [-0.39, 0.29) is 17.9 Å². The average molecular weight is 377 g/mol. The van der Waals surface area contributed by atoms with Crippen LogP contribution < -0.4 is 10.5 Å². The molecule has 0 bridgehead atoms. The first-order valence-electron chi connectivity index (χ1n) is 9.25. The number of amides is 1. The molecule has 0 aliphatic carbocycles. The van der Waals surface area contributed by atoms with Crippen LogP contribution in [0.5, 0.6) is 5.75 Å². The van der Waals surface area contributed by atoms with Crippen LogP contribution in [0, 0.1) is 6.92 Å². The minimum absolute atomic E-state index is 0.0942. The maximum atomic E-state index is 13.1. The van der Waals surface area contributed by atoms with Gasteiger partial charge in [0.15, 0.2) is 5.69 Å². The lowest BCUT2D eigenvalue weighted by Gasteiger charge is -2.15. The van der Waals surface area contributed by atoms with Gasteiger partial charge in [0.2, 0.25) is 0 Å². The van der Waals surface area contributed by atoms with Crippen LogP contribution in [0.1, 0.15) is 27.7 Å². The van der Waals surface area contributed by atoms with Crippen LogP contribution in [0.2, 0.25) is 0 Å². The molecule has 1 amide bonds. The number of likely N-dealkylation sites (tertiary alicyclic amines) is 1. The molecule has 1 fully saturated rings. The lowest BCUT2D eigenvalue weighted by Crippen LogP contribution is -2.32. The summed E-state index contributed by atoms with van der Waals surface area (Å²) in [5.41, 5.74) is 9.37. The largest absolute Gasteiger partial charge is 0.497 e. The van der Waals surface area contributed by atoms with Crippen molar-refractivity contribution in [2.45, 2.75) is 18.9 Å². The van der Waals surface area contributed by atoms with E-state index in [1.807, 2.05) is 49.4 Å². The van der Waals surface area contributed by atoms with Crippen molar-refractivity contribution in [2.24, 2.45) is 5.73 Å². The monoisotopic (exact) mass is 377 g/mol. The van der Waals surface area contributed by atoms with Crippen molar-refractivity contribution in [1.29, 1.82) is 0 Å². The van der Waals surface area contributed by atoms with E-state index < -0.39 is 0 Å². The van der Waals surface area contributed by atoms with Gasteiger partial charge in [-0.2, -0.15) is 0 Å². The van der Waals surface area contributed by atoms with E-state index in [0.29, 0.717) is 24.5 Å². The summed E-state index contributed by atoms with van der Waals surface area (Å²) >= 11 is 0. The molecule has 0 spiro atoms. The molecule has 0 unspecified atom stereocenters. The van der Waals surface area contributed by atoms with E-state index in [1.54, 1.807) is 16.7 Å². The van der Waals surface area contributed by atoms with Crippen molar-refractivity contribution >= 4 is 5.91 Å². The van der Waals surface area contributed by atoms with Gasteiger partial charge in [0.05, 0.1) is 18.5 Å². The van der Waals surface area contributed by atoms with Crippen molar-refractivity contribution < 1.29 is 9.53 Å². The summed E-state index contributed by atoms with van der Waals surface area (Å²) in [6.45, 7) is 2.94. The highest BCUT2D eigenvalue weighted by Gasteiger charge is 2.35. The fraction of sp³-hybridized carbons (Fsp3) is 0.286. The molecule has 4 rings (SSSR count). The van der Waals surface area contributed by atoms with Gasteiger partial charge >= 0.3 is 0 Å². The number of nitrogens with zero attached hydrogens (tertiary/aromatic N) is 4. The Bertz CT molecular complexity index is 968. The number of methoxy groups -OCH3 is 1. The quantitative estimate of drug-likeness (QED) is 0.753. The Hall–Kier alpha value is -3.19. The van der Waals surface area contributed by atoms with Gasteiger partial charge in [0.25, 0.3) is 5.91 Å². The second-order valence-electron chi connectivity index (χ2n) is 7.02. The lowest BCUT2D eigenvalue weighted by atomic mass is 9.95. The predicted molar refractivity (Wildman–Crippen MR) is 106 cm³/mol. The Morgan fingerprint density at radius 2 is 1.82 bits per heavy atom. The highest BCUT2D eigenvalue weighted by molar-refractivity contribution is 5.93. The number of hydrogen-bond donors (Lipinski definition) is 1. The number of ether oxygens (including phenoxy) is 1. The van der Waals surface area contributed by atoms with E-state index in [1.165, 1.54) is 0 Å². The van der Waals surface area contributed by atoms with Gasteiger partial charge in [0, 0.05) is 25.0 Å². The van der Waals surface area contributed by atoms with E-state index in [9.17, 15) is 4.79 Å². The molecule has 2 aromatic carbocycles. The highest BCUT2D eigenvalue weighted by Crippen LogP contribution is 2.28. The van der Waals surface area contributed by atoms with Gasteiger partial charge in [-0.3, -0.25) is 4.79 Å². The zero-order valence-corrected chi connectivity index (χ0v) is 15.9. The van der Waals surface area contributed by atoms with Crippen LogP contribution >= 0.6 is 0 Å². The van der Waals surface area contributed by atoms with E-state index >= 15 is 0 Å². The van der Waals surface area contributed by atoms with Crippen LogP contribution in [0.3, 0.4) is 0 Å². The number of carbonyl (C=O) groups excluding carboxylic acids is 1. The highest BCUT2D eigenvalue weighted by atomic mass is 16.5. The van der Waals surface area contributed by atoms with Crippen molar-refractivity contribution in [1.82, 2.24) is 19.9 Å². The average Bonchev–Trinajstić information content (AvgIpc) is 3.31. The Balaban J connectivity index is 1.55. The molecule has 1 aromatic heterocycles. The Morgan fingerprint density at radius 1 is 1.11 bits per heavy atom. The molecule has 144 valence electrons. The minimum Gasteiger partial charge on any atom is -0.497 e. The van der Waals surface area contributed by atoms with E-state index in [2.05, 4.69) is 22.4 Å². The topological polar surface area (TPSA) is 86.3 Å². The lowest BCUT2D eigenvalue weighted by molar-refractivity contribution is 0.0782. The zero-order valence-electron chi connectivity index (χ0n) is 15.9. The standard InChI is InChI=1S/C21H23N5O2/c1-14-20(23-24-26(14)16-8-10-17(28-2)11-9-16)21(27)25-12-18(19(22)13-25)15-6-4-3-5-7-15/h3-11,18-19H,12-13,22H2,1-2H3/t18-,19+/m0/s1. The number of rotatable bonds is 4. The molecule has 1 aliphatic rings. The SMILES string of the molecule is COc1ccc(-n2nnc(C(=O)N3C[C@@H](N)[C@H](c4ccccc4)C3)c2C)cc1. The first-order chi connectivity index (χ1) is 13.6. The molecule has 1 aliphatic heterocycles. The van der Waals surface area contributed by atoms with Gasteiger partial charge in [-0.1, -0.05) is 35.5 Å². The predicted octanol–water partition coefficient (Wildman–Crippen LogP) is 2.15. The fourth-order valence-corrected chi connectivity index (χ4v) is 3.69. The summed E-state index contributed by atoms with van der Waals surface area (Å²) in [6.07, 6.45) is 0. The van der Waals surface area contributed by atoms with Crippen molar-refractivity contribution in [2.75, 3.05) is 20.2 Å². The molecule has 28 heavy (non-hydrogen) atoms. The summed E-state index contributed by atoms with van der Waals surface area (Å²) in [4.78, 5) is 14.8. The maximum Gasteiger partial charge on any atom is 0.276 e.